The second-order valence-corrected chi connectivity index (χ2v) is 57.2. The van der Waals surface area contributed by atoms with Crippen LogP contribution in [0.3, 0.4) is 0 Å². The largest absolute Gasteiger partial charge is 0.363 e. The van der Waals surface area contributed by atoms with Gasteiger partial charge in [-0.25, -0.2) is 8.78 Å². The van der Waals surface area contributed by atoms with Crippen molar-refractivity contribution in [3.05, 3.63) is 29.8 Å². The fourth-order valence-corrected chi connectivity index (χ4v) is 23.2. The summed E-state index contributed by atoms with van der Waals surface area (Å²) < 4.78 is 55.4. The van der Waals surface area contributed by atoms with E-state index < -0.39 is 5.92 Å². The first-order valence-corrected chi connectivity index (χ1v) is 49.6. The highest BCUT2D eigenvalue weighted by Gasteiger charge is 2.62. The van der Waals surface area contributed by atoms with Crippen molar-refractivity contribution in [3.8, 4) is 0 Å². The molecule has 12 rings (SSSR count). The molecule has 3 spiro atoms. The zero-order valence-corrected chi connectivity index (χ0v) is 92.4. The predicted octanol–water partition coefficient (Wildman–Crippen LogP) is 30.9. The molecule has 0 N–H and O–H groups in total. The summed E-state index contributed by atoms with van der Waals surface area (Å²) in [5.41, 5.74) is 9.62. The van der Waals surface area contributed by atoms with Crippen LogP contribution in [0.4, 0.5) is 27.6 Å². The lowest BCUT2D eigenvalue weighted by Gasteiger charge is -2.46. The molecule has 9 atom stereocenters. The maximum Gasteiger partial charge on any atom is 0.262 e. The molecular weight excluding hydrogens is 1550 g/mol. The standard InChI is InChI=1S/C16H25N.3C14H27N.C12H24ClN.C12H23F2N.2C12H25N.3CH3F/c1-15(2,3)14-11-12-9-7-8-10-13(12)17(14)16(4,5)6;1-12(2,3)11-9-14(7-8-14)10-15(11)13(4,5)6;1-12(2,3)11-14(7-8-14)9-10-15(11)13(4,5)6;1-12(2,3)11-7-8-14(9-10-14)15(11)13(4,5)6;1-11(2,3)10-7-9(13)8-14(10)12(4,5)6;1-10(2,3)9-7-12(13,14)8-15(9)11(4,5)6;2*1-11(2,3)10-8-7-9-13(10)12(4,5)6;3*1-2/h7-10,14H,11H2,1-6H3;3*11H,7-10H2,1-6H3;9-10H,7-8H2,1-6H3;9H,7-8H2,1-6H3;2*10H,7-9H2,1-6H3;3*1H3. The van der Waals surface area contributed by atoms with Crippen molar-refractivity contribution < 1.29 is 22.0 Å². The van der Waals surface area contributed by atoms with E-state index in [1.165, 1.54) is 134 Å². The Morgan fingerprint density at radius 2 is 0.675 bits per heavy atom. The lowest BCUT2D eigenvalue weighted by molar-refractivity contribution is 0.000551. The number of halogens is 6. The van der Waals surface area contributed by atoms with Gasteiger partial charge in [0.05, 0.1) is 28.1 Å². The summed E-state index contributed by atoms with van der Waals surface area (Å²) >= 11 is 6.27. The Morgan fingerprint density at radius 3 is 0.959 bits per heavy atom. The van der Waals surface area contributed by atoms with Crippen LogP contribution < -0.4 is 4.90 Å². The van der Waals surface area contributed by atoms with Gasteiger partial charge in [0.15, 0.2) is 0 Å². The summed E-state index contributed by atoms with van der Waals surface area (Å²) in [6.07, 6.45) is 22.3. The van der Waals surface area contributed by atoms with E-state index in [9.17, 15) is 22.0 Å². The summed E-state index contributed by atoms with van der Waals surface area (Å²) in [7, 11) is 1.50. The monoisotopic (exact) mass is 1760 g/mol. The number of benzene rings is 1. The highest BCUT2D eigenvalue weighted by molar-refractivity contribution is 6.21. The number of anilines is 1. The fourth-order valence-electron chi connectivity index (χ4n) is 22.9. The Labute approximate surface area is 769 Å². The lowest BCUT2D eigenvalue weighted by Crippen LogP contribution is -2.54. The summed E-state index contributed by atoms with van der Waals surface area (Å²) in [6, 6.07) is 13.9. The maximum absolute atomic E-state index is 13.5. The Kier molecular flexibility index (Phi) is 40.3. The third kappa shape index (κ3) is 33.7. The van der Waals surface area contributed by atoms with E-state index in [4.69, 9.17) is 11.6 Å². The molecule has 1 aromatic carbocycles. The van der Waals surface area contributed by atoms with Crippen molar-refractivity contribution >= 4 is 17.3 Å². The number of hydrogen-bond donors (Lipinski definition) is 0. The zero-order valence-electron chi connectivity index (χ0n) is 91.6. The molecule has 0 aromatic heterocycles. The van der Waals surface area contributed by atoms with Crippen LogP contribution in [0.5, 0.6) is 0 Å². The number of para-hydroxylation sites is 1. The van der Waals surface area contributed by atoms with Gasteiger partial charge in [-0.2, -0.15) is 0 Å². The molecule has 3 aliphatic carbocycles. The molecular formula is C109H212ClF5N8. The minimum atomic E-state index is -2.52. The van der Waals surface area contributed by atoms with Gasteiger partial charge in [-0.15, -0.1) is 11.6 Å². The van der Waals surface area contributed by atoms with E-state index in [2.05, 4.69) is 349 Å². The fraction of sp³-hybridized carbons (Fsp3) is 0.945. The van der Waals surface area contributed by atoms with Gasteiger partial charge in [0.1, 0.15) is 0 Å². The first-order chi connectivity index (χ1) is 54.7. The summed E-state index contributed by atoms with van der Waals surface area (Å²) in [5.74, 6) is -2.52. The second kappa shape index (κ2) is 42.1. The van der Waals surface area contributed by atoms with Crippen molar-refractivity contribution in [1.82, 2.24) is 34.3 Å². The van der Waals surface area contributed by atoms with Gasteiger partial charge in [0, 0.05) is 129 Å². The van der Waals surface area contributed by atoms with Crippen molar-refractivity contribution in [1.29, 1.82) is 0 Å². The van der Waals surface area contributed by atoms with Crippen LogP contribution in [0.2, 0.25) is 0 Å². The molecule has 3 saturated carbocycles. The molecule has 0 radical (unpaired) electrons. The lowest BCUT2D eigenvalue weighted by atomic mass is 9.76. The van der Waals surface area contributed by atoms with Crippen molar-refractivity contribution in [2.75, 3.05) is 65.7 Å². The van der Waals surface area contributed by atoms with Crippen LogP contribution in [0, 0.1) is 54.1 Å². The first-order valence-electron chi connectivity index (χ1n) is 49.1. The molecule has 123 heavy (non-hydrogen) atoms. The normalized spacial score (nSPS) is 27.1. The van der Waals surface area contributed by atoms with Gasteiger partial charge >= 0.3 is 0 Å². The molecule has 11 aliphatic rings. The molecule has 0 amide bonds. The summed E-state index contributed by atoms with van der Waals surface area (Å²) in [6.45, 7) is 117. The molecule has 8 heterocycles. The first kappa shape index (κ1) is 118. The highest BCUT2D eigenvalue weighted by Crippen LogP contribution is 2.63. The average Bonchev–Trinajstić information content (AvgIpc) is 1.64. The van der Waals surface area contributed by atoms with Gasteiger partial charge in [-0.3, -0.25) is 47.5 Å². The third-order valence-electron chi connectivity index (χ3n) is 29.1. The van der Waals surface area contributed by atoms with E-state index in [0.717, 1.165) is 48.6 Å². The van der Waals surface area contributed by atoms with Crippen molar-refractivity contribution in [3.63, 3.8) is 0 Å². The minimum Gasteiger partial charge on any atom is -0.363 e. The Balaban J connectivity index is 0.000000472. The highest BCUT2D eigenvalue weighted by atomic mass is 35.5. The van der Waals surface area contributed by atoms with E-state index in [1.807, 2.05) is 46.4 Å². The number of hydrogen-bond acceptors (Lipinski definition) is 8. The van der Waals surface area contributed by atoms with Crippen LogP contribution in [0.1, 0.15) is 441 Å². The Hall–Kier alpha value is -1.32. The molecule has 8 aliphatic heterocycles. The van der Waals surface area contributed by atoms with Gasteiger partial charge < -0.3 is 4.90 Å². The Bertz CT molecular complexity index is 2950. The summed E-state index contributed by atoms with van der Waals surface area (Å²) in [4.78, 5) is 20.8. The molecule has 9 unspecified atom stereocenters. The van der Waals surface area contributed by atoms with E-state index in [1.54, 1.807) is 0 Å². The van der Waals surface area contributed by atoms with E-state index in [-0.39, 0.29) is 41.0 Å². The molecule has 14 heteroatoms. The second-order valence-electron chi connectivity index (χ2n) is 56.6. The van der Waals surface area contributed by atoms with Crippen molar-refractivity contribution in [2.24, 2.45) is 54.1 Å². The average molecular weight is 1770 g/mol. The van der Waals surface area contributed by atoms with Crippen LogP contribution in [0.25, 0.3) is 0 Å². The van der Waals surface area contributed by atoms with E-state index in [0.29, 0.717) is 116 Å². The number of nitrogens with zero attached hydrogens (tertiary/aromatic N) is 8. The molecule has 730 valence electrons. The SMILES string of the molecule is CC(C)(C)C1CC(Cl)CN1C(C)(C)C.CC(C)(C)C1CC(F)(F)CN1C(C)(C)C.CC(C)(C)C1CC2(CC2)CN1C(C)(C)C.CC(C)(C)C1CCC2(CC2)N1C(C)(C)C.CC(C)(C)C1CCCN1C(C)(C)C.CC(C)(C)C1CCCN1C(C)(C)C.CC(C)(C)C1Cc2ccccc2N1C(C)(C)C.CC(C)(C)C1N(C(C)(C)C)CCC12CC2.CF.CF.CF. The van der Waals surface area contributed by atoms with Gasteiger partial charge in [-0.05, 0) is 354 Å². The molecule has 10 fully saturated rings. The molecule has 8 nitrogen and oxygen atoms in total. The van der Waals surface area contributed by atoms with Gasteiger partial charge in [0.25, 0.3) is 5.92 Å². The topological polar surface area (TPSA) is 25.9 Å². The van der Waals surface area contributed by atoms with Crippen LogP contribution in [-0.2, 0) is 6.42 Å². The quantitative estimate of drug-likeness (QED) is 0.187. The van der Waals surface area contributed by atoms with E-state index >= 15 is 0 Å². The molecule has 0 bridgehead atoms. The summed E-state index contributed by atoms with van der Waals surface area (Å²) in [5, 5.41) is 0.332. The number of likely N-dealkylation sites (tertiary alicyclic amines) is 7. The Morgan fingerprint density at radius 1 is 0.317 bits per heavy atom. The van der Waals surface area contributed by atoms with Crippen LogP contribution >= 0.6 is 11.6 Å². The predicted molar refractivity (Wildman–Crippen MR) is 536 cm³/mol. The number of rotatable bonds is 0. The minimum absolute atomic E-state index is 0.00618. The third-order valence-corrected chi connectivity index (χ3v) is 29.4. The van der Waals surface area contributed by atoms with Crippen LogP contribution in [-0.4, -0.2) is 205 Å². The molecule has 1 aromatic rings. The number of alkyl halides is 6. The van der Waals surface area contributed by atoms with Crippen LogP contribution in [0.15, 0.2) is 24.3 Å². The smallest absolute Gasteiger partial charge is 0.262 e. The zero-order chi connectivity index (χ0) is 97.1. The van der Waals surface area contributed by atoms with Gasteiger partial charge in [-0.1, -0.05) is 184 Å². The van der Waals surface area contributed by atoms with Gasteiger partial charge in [0.2, 0.25) is 0 Å². The maximum atomic E-state index is 13.5. The molecule has 7 saturated heterocycles. The van der Waals surface area contributed by atoms with Crippen molar-refractivity contribution in [2.45, 2.75) is 551 Å². The number of fused-ring (bicyclic) bond motifs is 1.